The van der Waals surface area contributed by atoms with E-state index in [0.717, 1.165) is 0 Å². The Morgan fingerprint density at radius 2 is 1.95 bits per heavy atom. The van der Waals surface area contributed by atoms with Gasteiger partial charge in [0.05, 0.1) is 10.0 Å². The average molecular weight is 330 g/mol. The molecule has 0 aliphatic rings. The second kappa shape index (κ2) is 6.39. The van der Waals surface area contributed by atoms with Crippen molar-refractivity contribution < 1.29 is 9.13 Å². The predicted molar refractivity (Wildman–Crippen MR) is 83.1 cm³/mol. The summed E-state index contributed by atoms with van der Waals surface area (Å²) in [5.74, 6) is -0.0731. The summed E-state index contributed by atoms with van der Waals surface area (Å²) < 4.78 is 19.2. The summed E-state index contributed by atoms with van der Waals surface area (Å²) in [4.78, 5) is 0.249. The number of nitrogens with two attached hydrogens (primary N) is 1. The molecule has 0 aromatic heterocycles. The first-order chi connectivity index (χ1) is 9.49. The van der Waals surface area contributed by atoms with Crippen LogP contribution in [-0.2, 0) is 6.61 Å². The molecule has 0 aliphatic carbocycles. The van der Waals surface area contributed by atoms with Crippen LogP contribution in [0.15, 0.2) is 36.4 Å². The predicted octanol–water partition coefficient (Wildman–Crippen LogP) is 4.35. The van der Waals surface area contributed by atoms with Gasteiger partial charge >= 0.3 is 0 Å². The standard InChI is InChI=1S/C14H10Cl2FNOS/c15-10-3-1-2-9(13(10)17)7-19-12-5-4-8(14(18)20)6-11(12)16/h1-6H,7H2,(H2,18,20). The van der Waals surface area contributed by atoms with E-state index in [4.69, 9.17) is 45.9 Å². The van der Waals surface area contributed by atoms with Gasteiger partial charge in [0.15, 0.2) is 0 Å². The van der Waals surface area contributed by atoms with E-state index in [-0.39, 0.29) is 16.6 Å². The highest BCUT2D eigenvalue weighted by molar-refractivity contribution is 7.80. The molecule has 0 saturated heterocycles. The van der Waals surface area contributed by atoms with Crippen LogP contribution in [0.25, 0.3) is 0 Å². The zero-order chi connectivity index (χ0) is 14.7. The molecule has 0 heterocycles. The van der Waals surface area contributed by atoms with Gasteiger partial charge in [0.2, 0.25) is 0 Å². The van der Waals surface area contributed by atoms with E-state index < -0.39 is 5.82 Å². The minimum atomic E-state index is -0.495. The Kier molecular flexibility index (Phi) is 4.81. The average Bonchev–Trinajstić information content (AvgIpc) is 2.41. The summed E-state index contributed by atoms with van der Waals surface area (Å²) in [6.07, 6.45) is 0. The van der Waals surface area contributed by atoms with Crippen LogP contribution in [0.4, 0.5) is 4.39 Å². The van der Waals surface area contributed by atoms with Crippen molar-refractivity contribution in [1.82, 2.24) is 0 Å². The van der Waals surface area contributed by atoms with Gasteiger partial charge < -0.3 is 10.5 Å². The Bertz CT molecular complexity index is 664. The lowest BCUT2D eigenvalue weighted by atomic mass is 10.2. The monoisotopic (exact) mass is 329 g/mol. The van der Waals surface area contributed by atoms with Crippen molar-refractivity contribution in [2.24, 2.45) is 5.73 Å². The normalized spacial score (nSPS) is 10.3. The van der Waals surface area contributed by atoms with Crippen LogP contribution in [0.2, 0.25) is 10.0 Å². The third kappa shape index (κ3) is 3.39. The minimum Gasteiger partial charge on any atom is -0.487 e. The van der Waals surface area contributed by atoms with Crippen LogP contribution in [0.1, 0.15) is 11.1 Å². The molecule has 0 aliphatic heterocycles. The molecule has 2 nitrogen and oxygen atoms in total. The van der Waals surface area contributed by atoms with E-state index in [0.29, 0.717) is 21.9 Å². The summed E-state index contributed by atoms with van der Waals surface area (Å²) >= 11 is 16.6. The zero-order valence-electron chi connectivity index (χ0n) is 10.2. The quantitative estimate of drug-likeness (QED) is 0.847. The molecule has 104 valence electrons. The Balaban J connectivity index is 2.15. The van der Waals surface area contributed by atoms with Crippen molar-refractivity contribution in [3.8, 4) is 5.75 Å². The molecule has 2 aromatic rings. The van der Waals surface area contributed by atoms with E-state index >= 15 is 0 Å². The molecule has 0 fully saturated rings. The van der Waals surface area contributed by atoms with Crippen molar-refractivity contribution in [1.29, 1.82) is 0 Å². The highest BCUT2D eigenvalue weighted by Gasteiger charge is 2.09. The molecule has 0 atom stereocenters. The maximum atomic E-state index is 13.7. The third-order valence-electron chi connectivity index (χ3n) is 2.63. The zero-order valence-corrected chi connectivity index (χ0v) is 12.5. The van der Waals surface area contributed by atoms with E-state index in [1.165, 1.54) is 6.07 Å². The topological polar surface area (TPSA) is 35.2 Å². The molecular weight excluding hydrogens is 320 g/mol. The van der Waals surface area contributed by atoms with Crippen LogP contribution < -0.4 is 10.5 Å². The van der Waals surface area contributed by atoms with Crippen LogP contribution in [0, 0.1) is 5.82 Å². The van der Waals surface area contributed by atoms with Crippen LogP contribution in [0.3, 0.4) is 0 Å². The lowest BCUT2D eigenvalue weighted by Crippen LogP contribution is -2.09. The van der Waals surface area contributed by atoms with Crippen molar-refractivity contribution in [3.63, 3.8) is 0 Å². The Morgan fingerprint density at radius 1 is 1.20 bits per heavy atom. The SMILES string of the molecule is NC(=S)c1ccc(OCc2cccc(Cl)c2F)c(Cl)c1. The Labute approximate surface area is 131 Å². The minimum absolute atomic E-state index is 0.0263. The van der Waals surface area contributed by atoms with Gasteiger partial charge in [-0.15, -0.1) is 0 Å². The molecule has 0 amide bonds. The lowest BCUT2D eigenvalue weighted by Gasteiger charge is -2.10. The van der Waals surface area contributed by atoms with E-state index in [1.54, 1.807) is 30.3 Å². The number of hydrogen-bond donors (Lipinski definition) is 1. The van der Waals surface area contributed by atoms with Gasteiger partial charge in [-0.25, -0.2) is 4.39 Å². The summed E-state index contributed by atoms with van der Waals surface area (Å²) in [7, 11) is 0. The maximum absolute atomic E-state index is 13.7. The second-order valence-electron chi connectivity index (χ2n) is 4.01. The van der Waals surface area contributed by atoms with Crippen LogP contribution in [0.5, 0.6) is 5.75 Å². The molecule has 2 N–H and O–H groups in total. The van der Waals surface area contributed by atoms with Gasteiger partial charge in [0, 0.05) is 11.1 Å². The molecular formula is C14H10Cl2FNOS. The van der Waals surface area contributed by atoms with Gasteiger partial charge in [-0.3, -0.25) is 0 Å². The molecule has 0 spiro atoms. The van der Waals surface area contributed by atoms with Crippen molar-refractivity contribution in [3.05, 3.63) is 63.4 Å². The maximum Gasteiger partial charge on any atom is 0.148 e. The smallest absolute Gasteiger partial charge is 0.148 e. The number of halogens is 3. The molecule has 0 bridgehead atoms. The fraction of sp³-hybridized carbons (Fsp3) is 0.0714. The fourth-order valence-corrected chi connectivity index (χ4v) is 2.14. The van der Waals surface area contributed by atoms with Gasteiger partial charge in [-0.2, -0.15) is 0 Å². The molecule has 0 radical (unpaired) electrons. The van der Waals surface area contributed by atoms with Crippen LogP contribution >= 0.6 is 35.4 Å². The molecule has 0 saturated carbocycles. The molecule has 0 unspecified atom stereocenters. The Morgan fingerprint density at radius 3 is 2.60 bits per heavy atom. The lowest BCUT2D eigenvalue weighted by molar-refractivity contribution is 0.300. The van der Waals surface area contributed by atoms with E-state index in [1.807, 2.05) is 0 Å². The first-order valence-corrected chi connectivity index (χ1v) is 6.80. The van der Waals surface area contributed by atoms with E-state index in [9.17, 15) is 4.39 Å². The molecule has 20 heavy (non-hydrogen) atoms. The summed E-state index contributed by atoms with van der Waals surface area (Å²) in [6.45, 7) is 0.0263. The third-order valence-corrected chi connectivity index (χ3v) is 3.45. The van der Waals surface area contributed by atoms with Crippen molar-refractivity contribution in [2.75, 3.05) is 0 Å². The number of rotatable bonds is 4. The fourth-order valence-electron chi connectivity index (χ4n) is 1.59. The largest absolute Gasteiger partial charge is 0.487 e. The summed E-state index contributed by atoms with van der Waals surface area (Å²) in [5, 5.41) is 0.416. The number of benzene rings is 2. The first kappa shape index (κ1) is 15.0. The summed E-state index contributed by atoms with van der Waals surface area (Å²) in [6, 6.07) is 9.66. The molecule has 6 heteroatoms. The first-order valence-electron chi connectivity index (χ1n) is 5.64. The number of thiocarbonyl (C=S) groups is 1. The molecule has 2 rings (SSSR count). The van der Waals surface area contributed by atoms with Crippen molar-refractivity contribution >= 4 is 40.4 Å². The Hall–Kier alpha value is -1.36. The number of ether oxygens (including phenoxy) is 1. The number of hydrogen-bond acceptors (Lipinski definition) is 2. The van der Waals surface area contributed by atoms with Crippen LogP contribution in [-0.4, -0.2) is 4.99 Å². The summed E-state index contributed by atoms with van der Waals surface area (Å²) in [5.41, 5.74) is 6.50. The van der Waals surface area contributed by atoms with Gasteiger partial charge in [0.1, 0.15) is 23.2 Å². The van der Waals surface area contributed by atoms with Gasteiger partial charge in [-0.1, -0.05) is 47.6 Å². The van der Waals surface area contributed by atoms with Crippen molar-refractivity contribution in [2.45, 2.75) is 6.61 Å². The van der Waals surface area contributed by atoms with E-state index in [2.05, 4.69) is 0 Å². The second-order valence-corrected chi connectivity index (χ2v) is 5.27. The van der Waals surface area contributed by atoms with Gasteiger partial charge in [0.25, 0.3) is 0 Å². The molecule has 2 aromatic carbocycles. The highest BCUT2D eigenvalue weighted by atomic mass is 35.5. The highest BCUT2D eigenvalue weighted by Crippen LogP contribution is 2.27. The van der Waals surface area contributed by atoms with Gasteiger partial charge in [-0.05, 0) is 24.3 Å².